The zero-order chi connectivity index (χ0) is 10.7. The lowest BCUT2D eigenvalue weighted by atomic mass is 10.0. The van der Waals surface area contributed by atoms with E-state index in [4.69, 9.17) is 4.74 Å². The van der Waals surface area contributed by atoms with Crippen LogP contribution in [0.15, 0.2) is 30.3 Å². The van der Waals surface area contributed by atoms with E-state index in [1.54, 1.807) is 0 Å². The van der Waals surface area contributed by atoms with Gasteiger partial charge in [-0.25, -0.2) is 0 Å². The van der Waals surface area contributed by atoms with Crippen molar-refractivity contribution in [2.75, 3.05) is 19.8 Å². The molecule has 1 aromatic rings. The summed E-state index contributed by atoms with van der Waals surface area (Å²) in [6.45, 7) is 7.23. The highest BCUT2D eigenvalue weighted by Gasteiger charge is 2.25. The van der Waals surface area contributed by atoms with Gasteiger partial charge in [-0.2, -0.15) is 0 Å². The molecule has 1 aliphatic heterocycles. The first-order chi connectivity index (χ1) is 7.29. The average Bonchev–Trinajstić information content (AvgIpc) is 2.30. The van der Waals surface area contributed by atoms with E-state index in [9.17, 15) is 0 Å². The van der Waals surface area contributed by atoms with Crippen LogP contribution in [0.5, 0.6) is 0 Å². The second-order valence-corrected chi connectivity index (χ2v) is 4.33. The van der Waals surface area contributed by atoms with Crippen LogP contribution in [0, 0.1) is 0 Å². The number of morpholine rings is 1. The molecule has 82 valence electrons. The summed E-state index contributed by atoms with van der Waals surface area (Å²) < 4.78 is 5.58. The van der Waals surface area contributed by atoms with E-state index in [0.717, 1.165) is 19.8 Å². The minimum absolute atomic E-state index is 0.431. The second-order valence-electron chi connectivity index (χ2n) is 4.33. The SMILES string of the molecule is CC(C)N1CCOC[C@@H]1c1ccccc1. The molecule has 0 unspecified atom stereocenters. The minimum atomic E-state index is 0.431. The monoisotopic (exact) mass is 205 g/mol. The molecule has 1 aliphatic rings. The van der Waals surface area contributed by atoms with Crippen molar-refractivity contribution in [2.45, 2.75) is 25.9 Å². The molecule has 0 spiro atoms. The van der Waals surface area contributed by atoms with Crippen LogP contribution in [-0.2, 0) is 4.74 Å². The van der Waals surface area contributed by atoms with E-state index in [2.05, 4.69) is 49.1 Å². The quantitative estimate of drug-likeness (QED) is 0.735. The van der Waals surface area contributed by atoms with Crippen LogP contribution in [0.4, 0.5) is 0 Å². The van der Waals surface area contributed by atoms with Crippen LogP contribution in [0.25, 0.3) is 0 Å². The molecular formula is C13H19NO. The lowest BCUT2D eigenvalue weighted by molar-refractivity contribution is -0.0233. The van der Waals surface area contributed by atoms with Gasteiger partial charge >= 0.3 is 0 Å². The van der Waals surface area contributed by atoms with Gasteiger partial charge in [-0.05, 0) is 19.4 Å². The smallest absolute Gasteiger partial charge is 0.0664 e. The maximum Gasteiger partial charge on any atom is 0.0664 e. The molecular weight excluding hydrogens is 186 g/mol. The van der Waals surface area contributed by atoms with Crippen LogP contribution < -0.4 is 0 Å². The number of benzene rings is 1. The van der Waals surface area contributed by atoms with E-state index in [-0.39, 0.29) is 0 Å². The van der Waals surface area contributed by atoms with E-state index in [0.29, 0.717) is 12.1 Å². The summed E-state index contributed by atoms with van der Waals surface area (Å²) in [5, 5.41) is 0. The van der Waals surface area contributed by atoms with Gasteiger partial charge < -0.3 is 4.74 Å². The molecule has 0 amide bonds. The Bertz CT molecular complexity index is 297. The number of hydrogen-bond donors (Lipinski definition) is 0. The van der Waals surface area contributed by atoms with Crippen LogP contribution in [-0.4, -0.2) is 30.7 Å². The first kappa shape index (κ1) is 10.7. The average molecular weight is 205 g/mol. The van der Waals surface area contributed by atoms with Crippen molar-refractivity contribution < 1.29 is 4.74 Å². The Balaban J connectivity index is 2.18. The normalized spacial score (nSPS) is 23.3. The van der Waals surface area contributed by atoms with Crippen LogP contribution in [0.2, 0.25) is 0 Å². The Kier molecular flexibility index (Phi) is 3.39. The van der Waals surface area contributed by atoms with Crippen LogP contribution >= 0.6 is 0 Å². The summed E-state index contributed by atoms with van der Waals surface area (Å²) in [7, 11) is 0. The predicted octanol–water partition coefficient (Wildman–Crippen LogP) is 2.47. The number of hydrogen-bond acceptors (Lipinski definition) is 2. The summed E-state index contributed by atoms with van der Waals surface area (Å²) in [5.74, 6) is 0. The largest absolute Gasteiger partial charge is 0.378 e. The van der Waals surface area contributed by atoms with Gasteiger partial charge in [-0.3, -0.25) is 4.90 Å². The summed E-state index contributed by atoms with van der Waals surface area (Å²) in [4.78, 5) is 2.51. The fraction of sp³-hybridized carbons (Fsp3) is 0.538. The third kappa shape index (κ3) is 2.39. The molecule has 0 saturated carbocycles. The summed E-state index contributed by atoms with van der Waals surface area (Å²) >= 11 is 0. The first-order valence-corrected chi connectivity index (χ1v) is 5.67. The highest BCUT2D eigenvalue weighted by Crippen LogP contribution is 2.25. The summed E-state index contributed by atoms with van der Waals surface area (Å²) in [6, 6.07) is 11.7. The topological polar surface area (TPSA) is 12.5 Å². The molecule has 0 radical (unpaired) electrons. The zero-order valence-electron chi connectivity index (χ0n) is 9.52. The molecule has 15 heavy (non-hydrogen) atoms. The highest BCUT2D eigenvalue weighted by molar-refractivity contribution is 5.19. The molecule has 0 aliphatic carbocycles. The fourth-order valence-corrected chi connectivity index (χ4v) is 2.20. The zero-order valence-corrected chi connectivity index (χ0v) is 9.52. The van der Waals surface area contributed by atoms with Crippen LogP contribution in [0.3, 0.4) is 0 Å². The maximum absolute atomic E-state index is 5.58. The molecule has 1 heterocycles. The van der Waals surface area contributed by atoms with Gasteiger partial charge in [0.05, 0.1) is 19.3 Å². The Morgan fingerprint density at radius 2 is 2.00 bits per heavy atom. The standard InChI is InChI=1S/C13H19NO/c1-11(2)14-8-9-15-10-13(14)12-6-4-3-5-7-12/h3-7,11,13H,8-10H2,1-2H3/t13-/m1/s1. The molecule has 1 aromatic carbocycles. The second kappa shape index (κ2) is 4.77. The van der Waals surface area contributed by atoms with Crippen molar-refractivity contribution in [2.24, 2.45) is 0 Å². The predicted molar refractivity (Wildman–Crippen MR) is 61.8 cm³/mol. The van der Waals surface area contributed by atoms with E-state index in [1.165, 1.54) is 5.56 Å². The maximum atomic E-state index is 5.58. The van der Waals surface area contributed by atoms with Crippen molar-refractivity contribution in [3.05, 3.63) is 35.9 Å². The van der Waals surface area contributed by atoms with Gasteiger partial charge in [0, 0.05) is 12.6 Å². The van der Waals surface area contributed by atoms with Crippen molar-refractivity contribution in [1.82, 2.24) is 4.90 Å². The molecule has 2 rings (SSSR count). The molecule has 1 atom stereocenters. The highest BCUT2D eigenvalue weighted by atomic mass is 16.5. The number of rotatable bonds is 2. The molecule has 0 aromatic heterocycles. The number of ether oxygens (including phenoxy) is 1. The van der Waals surface area contributed by atoms with Gasteiger partial charge in [0.15, 0.2) is 0 Å². The van der Waals surface area contributed by atoms with Gasteiger partial charge in [-0.1, -0.05) is 30.3 Å². The van der Waals surface area contributed by atoms with Crippen molar-refractivity contribution in [3.63, 3.8) is 0 Å². The Morgan fingerprint density at radius 1 is 1.27 bits per heavy atom. The molecule has 0 N–H and O–H groups in total. The van der Waals surface area contributed by atoms with Gasteiger partial charge in [0.25, 0.3) is 0 Å². The van der Waals surface area contributed by atoms with Crippen molar-refractivity contribution in [3.8, 4) is 0 Å². The molecule has 0 bridgehead atoms. The minimum Gasteiger partial charge on any atom is -0.378 e. The summed E-state index contributed by atoms with van der Waals surface area (Å²) in [6.07, 6.45) is 0. The molecule has 2 heteroatoms. The Morgan fingerprint density at radius 3 is 2.67 bits per heavy atom. The fourth-order valence-electron chi connectivity index (χ4n) is 2.20. The Hall–Kier alpha value is -0.860. The van der Waals surface area contributed by atoms with Crippen LogP contribution in [0.1, 0.15) is 25.5 Å². The summed E-state index contributed by atoms with van der Waals surface area (Å²) in [5.41, 5.74) is 1.37. The Labute approximate surface area is 91.9 Å². The lowest BCUT2D eigenvalue weighted by Gasteiger charge is -2.38. The molecule has 2 nitrogen and oxygen atoms in total. The molecule has 1 fully saturated rings. The van der Waals surface area contributed by atoms with Crippen molar-refractivity contribution >= 4 is 0 Å². The van der Waals surface area contributed by atoms with E-state index in [1.807, 2.05) is 0 Å². The van der Waals surface area contributed by atoms with Gasteiger partial charge in [0.2, 0.25) is 0 Å². The third-order valence-electron chi connectivity index (χ3n) is 3.02. The third-order valence-corrected chi connectivity index (χ3v) is 3.02. The van der Waals surface area contributed by atoms with E-state index < -0.39 is 0 Å². The first-order valence-electron chi connectivity index (χ1n) is 5.67. The van der Waals surface area contributed by atoms with E-state index >= 15 is 0 Å². The molecule has 1 saturated heterocycles. The van der Waals surface area contributed by atoms with Gasteiger partial charge in [-0.15, -0.1) is 0 Å². The number of nitrogens with zero attached hydrogens (tertiary/aromatic N) is 1. The lowest BCUT2D eigenvalue weighted by Crippen LogP contribution is -2.43. The van der Waals surface area contributed by atoms with Crippen molar-refractivity contribution in [1.29, 1.82) is 0 Å². The van der Waals surface area contributed by atoms with Gasteiger partial charge in [0.1, 0.15) is 0 Å².